The minimum atomic E-state index is 0.556. The van der Waals surface area contributed by atoms with E-state index in [1.54, 1.807) is 0 Å². The highest BCUT2D eigenvalue weighted by molar-refractivity contribution is 6.11. The number of rotatable bonds is 5. The standard InChI is InChI=1S/C51H31N5O/c1-2-13-32(14-3-1)33-25-27-46-41(30-33)39-19-6-8-21-43(39)55(46)36-16-12-15-34(29-36)49-52-50(35-26-28-48-42(31-35)40-20-7-11-24-47(40)57-48)54-51(53-49)56-44-22-9-4-17-37(44)38-18-5-10-23-45(38)56/h1-31H. The first kappa shape index (κ1) is 31.5. The molecule has 0 N–H and O–H groups in total. The summed E-state index contributed by atoms with van der Waals surface area (Å²) in [5, 5.41) is 6.77. The van der Waals surface area contributed by atoms with E-state index in [2.05, 4.69) is 167 Å². The van der Waals surface area contributed by atoms with Crippen molar-refractivity contribution in [3.8, 4) is 45.5 Å². The quantitative estimate of drug-likeness (QED) is 0.177. The van der Waals surface area contributed by atoms with Crippen molar-refractivity contribution >= 4 is 65.6 Å². The van der Waals surface area contributed by atoms with Gasteiger partial charge in [-0.25, -0.2) is 4.98 Å². The lowest BCUT2D eigenvalue weighted by molar-refractivity contribution is 0.669. The van der Waals surface area contributed by atoms with Crippen LogP contribution in [-0.2, 0) is 0 Å². The van der Waals surface area contributed by atoms with Gasteiger partial charge < -0.3 is 8.98 Å². The fourth-order valence-electron chi connectivity index (χ4n) is 8.57. The van der Waals surface area contributed by atoms with Crippen LogP contribution >= 0.6 is 0 Å². The monoisotopic (exact) mass is 729 g/mol. The average molecular weight is 730 g/mol. The molecule has 266 valence electrons. The number of furan rings is 1. The highest BCUT2D eigenvalue weighted by atomic mass is 16.3. The first-order valence-electron chi connectivity index (χ1n) is 19.1. The fourth-order valence-corrected chi connectivity index (χ4v) is 8.57. The lowest BCUT2D eigenvalue weighted by atomic mass is 10.0. The number of aromatic nitrogens is 5. The summed E-state index contributed by atoms with van der Waals surface area (Å²) in [6.45, 7) is 0. The third-order valence-corrected chi connectivity index (χ3v) is 11.2. The molecule has 0 saturated heterocycles. The SMILES string of the molecule is c1ccc(-c2ccc3c(c2)c2ccccc2n3-c2cccc(-c3nc(-c4ccc5oc6ccccc6c5c4)nc(-n4c5ccccc5c5ccccc54)n3)c2)cc1. The van der Waals surface area contributed by atoms with Gasteiger partial charge in [-0.3, -0.25) is 4.57 Å². The highest BCUT2D eigenvalue weighted by Gasteiger charge is 2.20. The maximum Gasteiger partial charge on any atom is 0.238 e. The van der Waals surface area contributed by atoms with Crippen molar-refractivity contribution in [2.75, 3.05) is 0 Å². The predicted octanol–water partition coefficient (Wildman–Crippen LogP) is 13.0. The number of hydrogen-bond acceptors (Lipinski definition) is 4. The van der Waals surface area contributed by atoms with Crippen molar-refractivity contribution < 1.29 is 4.42 Å². The summed E-state index contributed by atoms with van der Waals surface area (Å²) in [5.74, 6) is 1.73. The molecule has 0 aliphatic rings. The first-order valence-corrected chi connectivity index (χ1v) is 19.1. The largest absolute Gasteiger partial charge is 0.456 e. The van der Waals surface area contributed by atoms with Gasteiger partial charge in [0, 0.05) is 49.1 Å². The molecular formula is C51H31N5O. The van der Waals surface area contributed by atoms with Gasteiger partial charge in [0.15, 0.2) is 11.6 Å². The molecule has 0 spiro atoms. The third kappa shape index (κ3) is 4.94. The van der Waals surface area contributed by atoms with Gasteiger partial charge in [0.1, 0.15) is 11.2 Å². The van der Waals surface area contributed by atoms with E-state index in [0.29, 0.717) is 17.6 Å². The van der Waals surface area contributed by atoms with Crippen molar-refractivity contribution in [3.63, 3.8) is 0 Å². The molecule has 0 saturated carbocycles. The van der Waals surface area contributed by atoms with Crippen LogP contribution in [0.15, 0.2) is 192 Å². The zero-order chi connectivity index (χ0) is 37.5. The molecule has 0 aliphatic heterocycles. The fraction of sp³-hybridized carbons (Fsp3) is 0. The van der Waals surface area contributed by atoms with Crippen LogP contribution in [0.1, 0.15) is 0 Å². The van der Waals surface area contributed by atoms with Gasteiger partial charge in [0.05, 0.1) is 22.1 Å². The van der Waals surface area contributed by atoms with Crippen LogP contribution < -0.4 is 0 Å². The molecule has 12 aromatic rings. The molecule has 12 rings (SSSR count). The summed E-state index contributed by atoms with van der Waals surface area (Å²) in [4.78, 5) is 15.7. The number of para-hydroxylation sites is 4. The van der Waals surface area contributed by atoms with Gasteiger partial charge >= 0.3 is 0 Å². The molecule has 8 aromatic carbocycles. The summed E-state index contributed by atoms with van der Waals surface area (Å²) in [6.07, 6.45) is 0. The first-order chi connectivity index (χ1) is 28.2. The van der Waals surface area contributed by atoms with Crippen molar-refractivity contribution in [2.24, 2.45) is 0 Å². The van der Waals surface area contributed by atoms with E-state index in [9.17, 15) is 0 Å². The lowest BCUT2D eigenvalue weighted by Crippen LogP contribution is -2.06. The zero-order valence-corrected chi connectivity index (χ0v) is 30.5. The molecule has 0 amide bonds. The van der Waals surface area contributed by atoms with E-state index in [0.717, 1.165) is 71.6 Å². The number of nitrogens with zero attached hydrogens (tertiary/aromatic N) is 5. The molecule has 0 unspecified atom stereocenters. The number of fused-ring (bicyclic) bond motifs is 9. The Kier molecular flexibility index (Phi) is 6.83. The number of hydrogen-bond donors (Lipinski definition) is 0. The maximum atomic E-state index is 6.19. The minimum absolute atomic E-state index is 0.556. The number of benzene rings is 8. The van der Waals surface area contributed by atoms with Gasteiger partial charge in [-0.2, -0.15) is 9.97 Å². The van der Waals surface area contributed by atoms with Crippen LogP contribution in [0.25, 0.3) is 111 Å². The van der Waals surface area contributed by atoms with Gasteiger partial charge in [-0.15, -0.1) is 0 Å². The normalized spacial score (nSPS) is 11.9. The zero-order valence-electron chi connectivity index (χ0n) is 30.5. The van der Waals surface area contributed by atoms with Crippen LogP contribution in [0.5, 0.6) is 0 Å². The molecular weight excluding hydrogens is 699 g/mol. The Bertz CT molecular complexity index is 3490. The van der Waals surface area contributed by atoms with Crippen LogP contribution in [0, 0.1) is 0 Å². The third-order valence-electron chi connectivity index (χ3n) is 11.2. The van der Waals surface area contributed by atoms with E-state index < -0.39 is 0 Å². The molecule has 0 atom stereocenters. The Hall–Kier alpha value is -7.83. The molecule has 0 radical (unpaired) electrons. The Morgan fingerprint density at radius 1 is 0.316 bits per heavy atom. The molecule has 0 fully saturated rings. The summed E-state index contributed by atoms with van der Waals surface area (Å²) < 4.78 is 10.7. The Balaban J connectivity index is 1.08. The molecule has 4 heterocycles. The minimum Gasteiger partial charge on any atom is -0.456 e. The van der Waals surface area contributed by atoms with Crippen LogP contribution in [0.2, 0.25) is 0 Å². The topological polar surface area (TPSA) is 61.7 Å². The van der Waals surface area contributed by atoms with Gasteiger partial charge in [0.2, 0.25) is 5.95 Å². The Morgan fingerprint density at radius 2 is 0.842 bits per heavy atom. The molecule has 57 heavy (non-hydrogen) atoms. The summed E-state index contributed by atoms with van der Waals surface area (Å²) in [7, 11) is 0. The molecule has 4 aromatic heterocycles. The Morgan fingerprint density at radius 3 is 1.58 bits per heavy atom. The van der Waals surface area contributed by atoms with Crippen LogP contribution in [0.4, 0.5) is 0 Å². The summed E-state index contributed by atoms with van der Waals surface area (Å²) in [6, 6.07) is 65.7. The van der Waals surface area contributed by atoms with E-state index in [-0.39, 0.29) is 0 Å². The smallest absolute Gasteiger partial charge is 0.238 e. The van der Waals surface area contributed by atoms with Gasteiger partial charge in [-0.05, 0) is 77.9 Å². The Labute approximate surface area is 326 Å². The van der Waals surface area contributed by atoms with Crippen molar-refractivity contribution in [1.82, 2.24) is 24.1 Å². The van der Waals surface area contributed by atoms with Crippen LogP contribution in [-0.4, -0.2) is 24.1 Å². The van der Waals surface area contributed by atoms with Crippen molar-refractivity contribution in [1.29, 1.82) is 0 Å². The highest BCUT2D eigenvalue weighted by Crippen LogP contribution is 2.37. The lowest BCUT2D eigenvalue weighted by Gasteiger charge is -2.13. The molecule has 0 aliphatic carbocycles. The predicted molar refractivity (Wildman–Crippen MR) is 232 cm³/mol. The summed E-state index contributed by atoms with van der Waals surface area (Å²) >= 11 is 0. The van der Waals surface area contributed by atoms with Crippen molar-refractivity contribution in [2.45, 2.75) is 0 Å². The second-order valence-electron chi connectivity index (χ2n) is 14.5. The molecule has 6 heteroatoms. The van der Waals surface area contributed by atoms with Gasteiger partial charge in [0.25, 0.3) is 0 Å². The van der Waals surface area contributed by atoms with E-state index in [1.165, 1.54) is 21.9 Å². The van der Waals surface area contributed by atoms with E-state index >= 15 is 0 Å². The second kappa shape index (κ2) is 12.3. The molecule has 6 nitrogen and oxygen atoms in total. The average Bonchev–Trinajstić information content (AvgIpc) is 3.94. The van der Waals surface area contributed by atoms with Crippen molar-refractivity contribution in [3.05, 3.63) is 188 Å². The van der Waals surface area contributed by atoms with E-state index in [1.807, 2.05) is 30.3 Å². The van der Waals surface area contributed by atoms with Crippen LogP contribution in [0.3, 0.4) is 0 Å². The maximum absolute atomic E-state index is 6.19. The van der Waals surface area contributed by atoms with Gasteiger partial charge in [-0.1, -0.05) is 121 Å². The second-order valence-corrected chi connectivity index (χ2v) is 14.5. The van der Waals surface area contributed by atoms with E-state index in [4.69, 9.17) is 19.4 Å². The molecule has 0 bridgehead atoms. The summed E-state index contributed by atoms with van der Waals surface area (Å²) in [5.41, 5.74) is 11.2.